The molecule has 2 fully saturated rings. The van der Waals surface area contributed by atoms with Crippen LogP contribution in [0, 0.1) is 5.92 Å². The Morgan fingerprint density at radius 3 is 2.92 bits per heavy atom. The first-order valence-electron chi connectivity index (χ1n) is 5.20. The van der Waals surface area contributed by atoms with Gasteiger partial charge < -0.3 is 5.11 Å². The van der Waals surface area contributed by atoms with Crippen LogP contribution in [0.15, 0.2) is 0 Å². The van der Waals surface area contributed by atoms with Gasteiger partial charge in [0.1, 0.15) is 5.60 Å². The van der Waals surface area contributed by atoms with E-state index in [1.54, 1.807) is 0 Å². The lowest BCUT2D eigenvalue weighted by molar-refractivity contribution is -0.136. The second-order valence-corrected chi connectivity index (χ2v) is 10.7. The van der Waals surface area contributed by atoms with Crippen LogP contribution in [0.1, 0.15) is 19.3 Å². The molecule has 1 heterocycles. The highest BCUT2D eigenvalue weighted by atomic mass is 28.3. The summed E-state index contributed by atoms with van der Waals surface area (Å²) < 4.78 is 0. The second kappa shape index (κ2) is 2.67. The predicted octanol–water partition coefficient (Wildman–Crippen LogP) is 1.81. The summed E-state index contributed by atoms with van der Waals surface area (Å²) in [6.45, 7) is 4.74. The van der Waals surface area contributed by atoms with Crippen molar-refractivity contribution in [3.05, 3.63) is 0 Å². The molecule has 0 bridgehead atoms. The first-order chi connectivity index (χ1) is 5.94. The van der Waals surface area contributed by atoms with Crippen molar-refractivity contribution in [3.8, 4) is 0 Å². The highest BCUT2D eigenvalue weighted by molar-refractivity contribution is 6.77. The van der Waals surface area contributed by atoms with Gasteiger partial charge in [-0.3, -0.25) is 4.79 Å². The maximum absolute atomic E-state index is 11.5. The molecule has 0 radical (unpaired) electrons. The molecule has 1 aliphatic heterocycles. The third-order valence-electron chi connectivity index (χ3n) is 3.86. The van der Waals surface area contributed by atoms with E-state index in [4.69, 9.17) is 0 Å². The number of hydrogen-bond acceptors (Lipinski definition) is 2. The van der Waals surface area contributed by atoms with Crippen LogP contribution in [0.3, 0.4) is 0 Å². The van der Waals surface area contributed by atoms with Gasteiger partial charge in [-0.05, 0) is 18.8 Å². The number of carbonyl (C=O) groups excluding carboxylic acids is 1. The highest BCUT2D eigenvalue weighted by Crippen LogP contribution is 2.47. The summed E-state index contributed by atoms with van der Waals surface area (Å²) in [5.74, 6) is 0.414. The smallest absolute Gasteiger partial charge is 0.164 e. The molecular formula is C10H18O2Si. The highest BCUT2D eigenvalue weighted by Gasteiger charge is 2.53. The molecule has 0 amide bonds. The Balaban J connectivity index is 2.21. The minimum atomic E-state index is -1.07. The van der Waals surface area contributed by atoms with Gasteiger partial charge in [-0.1, -0.05) is 25.2 Å². The minimum Gasteiger partial charge on any atom is -0.382 e. The van der Waals surface area contributed by atoms with E-state index in [1.165, 1.54) is 0 Å². The van der Waals surface area contributed by atoms with Crippen LogP contribution in [0.4, 0.5) is 0 Å². The van der Waals surface area contributed by atoms with Gasteiger partial charge in [-0.2, -0.15) is 0 Å². The number of aliphatic hydroxyl groups is 1. The van der Waals surface area contributed by atoms with Gasteiger partial charge in [0, 0.05) is 14.5 Å². The Morgan fingerprint density at radius 1 is 1.54 bits per heavy atom. The van der Waals surface area contributed by atoms with E-state index < -0.39 is 13.7 Å². The molecule has 3 heteroatoms. The van der Waals surface area contributed by atoms with Crippen LogP contribution in [0.5, 0.6) is 0 Å². The van der Waals surface area contributed by atoms with Crippen molar-refractivity contribution in [3.63, 3.8) is 0 Å². The first-order valence-corrected chi connectivity index (χ1v) is 8.61. The van der Waals surface area contributed by atoms with Crippen LogP contribution in [0.2, 0.25) is 25.2 Å². The number of Topliss-reactive ketones (excluding diaryl/α,β-unsaturated/α-hetero) is 1. The van der Waals surface area contributed by atoms with Crippen LogP contribution < -0.4 is 0 Å². The molecule has 0 aromatic rings. The molecule has 2 atom stereocenters. The molecule has 1 N–H and O–H groups in total. The maximum atomic E-state index is 11.5. The Morgan fingerprint density at radius 2 is 2.23 bits per heavy atom. The normalized spacial score (nSPS) is 43.3. The zero-order valence-electron chi connectivity index (χ0n) is 8.47. The summed E-state index contributed by atoms with van der Waals surface area (Å²) >= 11 is 0. The maximum Gasteiger partial charge on any atom is 0.164 e. The Labute approximate surface area is 80.3 Å². The van der Waals surface area contributed by atoms with Crippen molar-refractivity contribution in [2.24, 2.45) is 5.92 Å². The molecule has 1 saturated heterocycles. The van der Waals surface area contributed by atoms with Gasteiger partial charge in [-0.25, -0.2) is 0 Å². The zero-order chi connectivity index (χ0) is 9.69. The zero-order valence-corrected chi connectivity index (χ0v) is 9.47. The quantitative estimate of drug-likeness (QED) is 0.603. The molecule has 0 unspecified atom stereocenters. The molecule has 1 aliphatic carbocycles. The van der Waals surface area contributed by atoms with E-state index in [9.17, 15) is 9.90 Å². The molecule has 13 heavy (non-hydrogen) atoms. The van der Waals surface area contributed by atoms with Crippen molar-refractivity contribution < 1.29 is 9.90 Å². The minimum absolute atomic E-state index is 0.113. The second-order valence-electron chi connectivity index (χ2n) is 5.45. The van der Waals surface area contributed by atoms with Gasteiger partial charge in [-0.15, -0.1) is 0 Å². The van der Waals surface area contributed by atoms with E-state index in [0.29, 0.717) is 12.3 Å². The van der Waals surface area contributed by atoms with Crippen LogP contribution in [-0.2, 0) is 4.79 Å². The number of fused-ring (bicyclic) bond motifs is 1. The third-order valence-corrected chi connectivity index (χ3v) is 7.06. The third kappa shape index (κ3) is 1.38. The van der Waals surface area contributed by atoms with Crippen LogP contribution in [0.25, 0.3) is 0 Å². The van der Waals surface area contributed by atoms with Gasteiger partial charge in [0.15, 0.2) is 5.78 Å². The lowest BCUT2D eigenvalue weighted by Gasteiger charge is -2.40. The molecule has 2 aliphatic rings. The fourth-order valence-corrected chi connectivity index (χ4v) is 6.04. The summed E-state index contributed by atoms with van der Waals surface area (Å²) in [6.07, 6.45) is 2.30. The molecule has 2 rings (SSSR count). The number of rotatable bonds is 0. The van der Waals surface area contributed by atoms with Crippen LogP contribution in [-0.4, -0.2) is 24.6 Å². The lowest BCUT2D eigenvalue weighted by Crippen LogP contribution is -2.49. The molecule has 2 nitrogen and oxygen atoms in total. The number of ketones is 1. The fourth-order valence-electron chi connectivity index (χ4n) is 2.90. The van der Waals surface area contributed by atoms with Crippen molar-refractivity contribution in [1.82, 2.24) is 0 Å². The SMILES string of the molecule is C[Si]1(C)CC[C@@]2(O)C(=O)CC[C@H]2C1. The van der Waals surface area contributed by atoms with Gasteiger partial charge in [0.05, 0.1) is 0 Å². The molecule has 0 spiro atoms. The fraction of sp³-hybridized carbons (Fsp3) is 0.900. The topological polar surface area (TPSA) is 37.3 Å². The van der Waals surface area contributed by atoms with Crippen molar-refractivity contribution >= 4 is 13.9 Å². The summed E-state index contributed by atoms with van der Waals surface area (Å²) in [4.78, 5) is 11.5. The van der Waals surface area contributed by atoms with E-state index in [2.05, 4.69) is 13.1 Å². The Bertz CT molecular complexity index is 249. The monoisotopic (exact) mass is 198 g/mol. The molecule has 0 aromatic heterocycles. The lowest BCUT2D eigenvalue weighted by atomic mass is 9.88. The first kappa shape index (κ1) is 9.40. The molecular weight excluding hydrogens is 180 g/mol. The van der Waals surface area contributed by atoms with Gasteiger partial charge in [0.2, 0.25) is 0 Å². The average molecular weight is 198 g/mol. The van der Waals surface area contributed by atoms with E-state index >= 15 is 0 Å². The number of carbonyl (C=O) groups is 1. The molecule has 1 saturated carbocycles. The summed E-state index contributed by atoms with van der Waals surface area (Å²) in [7, 11) is -1.07. The van der Waals surface area contributed by atoms with Gasteiger partial charge in [0.25, 0.3) is 0 Å². The van der Waals surface area contributed by atoms with Crippen molar-refractivity contribution in [2.45, 2.75) is 50.0 Å². The standard InChI is InChI=1S/C10H18O2Si/c1-13(2)6-5-10(12)8(7-13)3-4-9(10)11/h8,12H,3-7H2,1-2H3/t8-,10-/m0/s1. The summed E-state index contributed by atoms with van der Waals surface area (Å²) in [6, 6.07) is 2.26. The molecule has 74 valence electrons. The van der Waals surface area contributed by atoms with Gasteiger partial charge >= 0.3 is 0 Å². The van der Waals surface area contributed by atoms with Crippen LogP contribution >= 0.6 is 0 Å². The summed E-state index contributed by atoms with van der Waals surface area (Å²) in [5, 5.41) is 10.2. The Hall–Kier alpha value is -0.153. The van der Waals surface area contributed by atoms with E-state index in [1.807, 2.05) is 0 Å². The Kier molecular flexibility index (Phi) is 1.93. The number of hydrogen-bond donors (Lipinski definition) is 1. The average Bonchev–Trinajstić information content (AvgIpc) is 2.30. The largest absolute Gasteiger partial charge is 0.382 e. The predicted molar refractivity (Wildman–Crippen MR) is 54.4 cm³/mol. The van der Waals surface area contributed by atoms with Crippen molar-refractivity contribution in [1.29, 1.82) is 0 Å². The van der Waals surface area contributed by atoms with E-state index in [0.717, 1.165) is 24.9 Å². The molecule has 0 aromatic carbocycles. The van der Waals surface area contributed by atoms with E-state index in [-0.39, 0.29) is 5.78 Å². The summed E-state index contributed by atoms with van der Waals surface area (Å²) in [5.41, 5.74) is -0.900. The van der Waals surface area contributed by atoms with Crippen molar-refractivity contribution in [2.75, 3.05) is 0 Å².